The summed E-state index contributed by atoms with van der Waals surface area (Å²) < 4.78 is 17.8. The van der Waals surface area contributed by atoms with Crippen molar-refractivity contribution in [2.75, 3.05) is 7.11 Å². The molecule has 0 radical (unpaired) electrons. The molecule has 2 N–H and O–H groups in total. The van der Waals surface area contributed by atoms with Gasteiger partial charge in [-0.2, -0.15) is 0 Å². The van der Waals surface area contributed by atoms with E-state index in [2.05, 4.69) is 10.6 Å². The second-order valence-electron chi connectivity index (χ2n) is 5.98. The van der Waals surface area contributed by atoms with Gasteiger partial charge >= 0.3 is 5.97 Å². The number of hydrogen-bond donors (Lipinski definition) is 2. The highest BCUT2D eigenvalue weighted by molar-refractivity contribution is 5.90. The molecule has 0 aromatic heterocycles. The lowest BCUT2D eigenvalue weighted by Gasteiger charge is -2.25. The number of esters is 1. The molecule has 0 heterocycles. The van der Waals surface area contributed by atoms with Crippen LogP contribution in [0.3, 0.4) is 0 Å². The molecule has 0 aliphatic carbocycles. The summed E-state index contributed by atoms with van der Waals surface area (Å²) in [6, 6.07) is 3.99. The molecule has 2 amide bonds. The van der Waals surface area contributed by atoms with Crippen LogP contribution in [-0.4, -0.2) is 37.0 Å². The van der Waals surface area contributed by atoms with E-state index in [1.54, 1.807) is 12.1 Å². The number of carbonyl (C=O) groups is 3. The van der Waals surface area contributed by atoms with Gasteiger partial charge in [-0.1, -0.05) is 32.4 Å². The molecule has 1 rings (SSSR count). The summed E-state index contributed by atoms with van der Waals surface area (Å²) in [5, 5.41) is 5.22. The fraction of sp³-hybridized carbons (Fsp3) is 0.500. The third-order valence-electron chi connectivity index (χ3n) is 4.01. The summed E-state index contributed by atoms with van der Waals surface area (Å²) in [4.78, 5) is 35.9. The summed E-state index contributed by atoms with van der Waals surface area (Å²) in [6.07, 6.45) is 0.850. The van der Waals surface area contributed by atoms with E-state index in [1.807, 2.05) is 13.8 Å². The van der Waals surface area contributed by atoms with Crippen LogP contribution in [0.15, 0.2) is 24.3 Å². The van der Waals surface area contributed by atoms with Crippen molar-refractivity contribution >= 4 is 17.8 Å². The van der Waals surface area contributed by atoms with Gasteiger partial charge in [0.1, 0.15) is 17.9 Å². The van der Waals surface area contributed by atoms with Crippen LogP contribution in [0.1, 0.15) is 32.8 Å². The number of rotatable bonds is 8. The van der Waals surface area contributed by atoms with E-state index in [-0.39, 0.29) is 24.1 Å². The molecule has 1 aromatic rings. The van der Waals surface area contributed by atoms with Crippen LogP contribution in [0.5, 0.6) is 0 Å². The zero-order valence-corrected chi connectivity index (χ0v) is 15.0. The third-order valence-corrected chi connectivity index (χ3v) is 4.01. The molecule has 3 atom stereocenters. The highest BCUT2D eigenvalue weighted by Crippen LogP contribution is 2.11. The second-order valence-corrected chi connectivity index (χ2v) is 5.98. The number of methoxy groups -OCH3 is 1. The van der Waals surface area contributed by atoms with Crippen molar-refractivity contribution in [1.82, 2.24) is 10.6 Å². The van der Waals surface area contributed by atoms with Gasteiger partial charge in [0.05, 0.1) is 7.11 Å². The Labute approximate surface area is 147 Å². The van der Waals surface area contributed by atoms with Gasteiger partial charge in [-0.25, -0.2) is 9.18 Å². The molecule has 7 heteroatoms. The lowest BCUT2D eigenvalue weighted by atomic mass is 9.98. The largest absolute Gasteiger partial charge is 0.467 e. The van der Waals surface area contributed by atoms with Gasteiger partial charge in [-0.3, -0.25) is 9.59 Å². The molecular formula is C18H25FN2O4. The number of halogens is 1. The molecular weight excluding hydrogens is 327 g/mol. The molecule has 1 aromatic carbocycles. The van der Waals surface area contributed by atoms with Crippen molar-refractivity contribution in [3.8, 4) is 0 Å². The first kappa shape index (κ1) is 20.6. The number of hydrogen-bond acceptors (Lipinski definition) is 4. The second kappa shape index (κ2) is 9.76. The Hall–Kier alpha value is -2.44. The molecule has 25 heavy (non-hydrogen) atoms. The Kier molecular flexibility index (Phi) is 8.04. The predicted octanol–water partition coefficient (Wildman–Crippen LogP) is 1.58. The SMILES string of the molecule is CC[C@@H](C)[C@H](NC(=O)[C@@H](Cc1ccc(F)cc1)NC(C)=O)C(=O)OC. The Bertz CT molecular complexity index is 604. The zero-order valence-electron chi connectivity index (χ0n) is 15.0. The lowest BCUT2D eigenvalue weighted by molar-refractivity contribution is -0.146. The van der Waals surface area contributed by atoms with Crippen LogP contribution in [0, 0.1) is 11.7 Å². The van der Waals surface area contributed by atoms with E-state index in [0.717, 1.165) is 0 Å². The van der Waals surface area contributed by atoms with Crippen LogP contribution >= 0.6 is 0 Å². The standard InChI is InChI=1S/C18H25FN2O4/c1-5-11(2)16(18(24)25-4)21-17(23)15(20-12(3)22)10-13-6-8-14(19)9-7-13/h6-9,11,15-16H,5,10H2,1-4H3,(H,20,22)(H,21,23)/t11-,15-,16+/m1/s1. The number of benzene rings is 1. The minimum absolute atomic E-state index is 0.125. The van der Waals surface area contributed by atoms with Crippen LogP contribution in [0.2, 0.25) is 0 Å². The van der Waals surface area contributed by atoms with Crippen LogP contribution in [0.4, 0.5) is 4.39 Å². The monoisotopic (exact) mass is 352 g/mol. The molecule has 0 unspecified atom stereocenters. The fourth-order valence-electron chi connectivity index (χ4n) is 2.36. The van der Waals surface area contributed by atoms with Crippen molar-refractivity contribution in [2.45, 2.75) is 45.7 Å². The smallest absolute Gasteiger partial charge is 0.328 e. The van der Waals surface area contributed by atoms with Crippen LogP contribution in [-0.2, 0) is 25.5 Å². The quantitative estimate of drug-likeness (QED) is 0.696. The molecule has 0 saturated heterocycles. The van der Waals surface area contributed by atoms with E-state index in [1.165, 1.54) is 26.2 Å². The number of amides is 2. The minimum Gasteiger partial charge on any atom is -0.467 e. The molecule has 0 aliphatic heterocycles. The van der Waals surface area contributed by atoms with Gasteiger partial charge in [0, 0.05) is 13.3 Å². The van der Waals surface area contributed by atoms with E-state index in [0.29, 0.717) is 12.0 Å². The van der Waals surface area contributed by atoms with E-state index >= 15 is 0 Å². The van der Waals surface area contributed by atoms with Crippen LogP contribution in [0.25, 0.3) is 0 Å². The first-order chi connectivity index (χ1) is 11.8. The van der Waals surface area contributed by atoms with E-state index < -0.39 is 24.0 Å². The lowest BCUT2D eigenvalue weighted by Crippen LogP contribution is -2.54. The summed E-state index contributed by atoms with van der Waals surface area (Å²) in [5.41, 5.74) is 0.688. The Morgan fingerprint density at radius 1 is 1.16 bits per heavy atom. The first-order valence-corrected chi connectivity index (χ1v) is 8.18. The summed E-state index contributed by atoms with van der Waals surface area (Å²) in [6.45, 7) is 5.03. The molecule has 6 nitrogen and oxygen atoms in total. The Morgan fingerprint density at radius 3 is 2.24 bits per heavy atom. The van der Waals surface area contributed by atoms with Gasteiger partial charge in [0.2, 0.25) is 11.8 Å². The number of carbonyl (C=O) groups excluding carboxylic acids is 3. The average molecular weight is 352 g/mol. The van der Waals surface area contributed by atoms with Crippen LogP contribution < -0.4 is 10.6 Å². The number of ether oxygens (including phenoxy) is 1. The van der Waals surface area contributed by atoms with Crippen molar-refractivity contribution < 1.29 is 23.5 Å². The summed E-state index contributed by atoms with van der Waals surface area (Å²) in [7, 11) is 1.26. The molecule has 138 valence electrons. The molecule has 0 spiro atoms. The maximum atomic E-state index is 13.0. The molecule has 0 fully saturated rings. The summed E-state index contributed by atoms with van der Waals surface area (Å²) in [5.74, 6) is -1.91. The van der Waals surface area contributed by atoms with E-state index in [9.17, 15) is 18.8 Å². The first-order valence-electron chi connectivity index (χ1n) is 8.18. The van der Waals surface area contributed by atoms with Crippen molar-refractivity contribution in [2.24, 2.45) is 5.92 Å². The molecule has 0 aliphatic rings. The minimum atomic E-state index is -0.876. The maximum absolute atomic E-state index is 13.0. The maximum Gasteiger partial charge on any atom is 0.328 e. The van der Waals surface area contributed by atoms with Crippen molar-refractivity contribution in [3.05, 3.63) is 35.6 Å². The van der Waals surface area contributed by atoms with E-state index in [4.69, 9.17) is 4.74 Å². The highest BCUT2D eigenvalue weighted by Gasteiger charge is 2.30. The predicted molar refractivity (Wildman–Crippen MR) is 91.1 cm³/mol. The highest BCUT2D eigenvalue weighted by atomic mass is 19.1. The zero-order chi connectivity index (χ0) is 19.0. The van der Waals surface area contributed by atoms with Gasteiger partial charge < -0.3 is 15.4 Å². The Morgan fingerprint density at radius 2 is 1.76 bits per heavy atom. The summed E-state index contributed by atoms with van der Waals surface area (Å²) >= 11 is 0. The van der Waals surface area contributed by atoms with Gasteiger partial charge in [0.15, 0.2) is 0 Å². The Balaban J connectivity index is 2.92. The van der Waals surface area contributed by atoms with Gasteiger partial charge in [-0.15, -0.1) is 0 Å². The number of nitrogens with one attached hydrogen (secondary N) is 2. The van der Waals surface area contributed by atoms with Crippen molar-refractivity contribution in [1.29, 1.82) is 0 Å². The van der Waals surface area contributed by atoms with Gasteiger partial charge in [0.25, 0.3) is 0 Å². The topological polar surface area (TPSA) is 84.5 Å². The molecule has 0 bridgehead atoms. The normalized spacial score (nSPS) is 14.1. The molecule has 0 saturated carbocycles. The van der Waals surface area contributed by atoms with Crippen molar-refractivity contribution in [3.63, 3.8) is 0 Å². The third kappa shape index (κ3) is 6.52. The fourth-order valence-corrected chi connectivity index (χ4v) is 2.36. The van der Waals surface area contributed by atoms with Gasteiger partial charge in [-0.05, 0) is 23.6 Å². The average Bonchev–Trinajstić information content (AvgIpc) is 2.59.